The minimum absolute atomic E-state index is 0.0674. The van der Waals surface area contributed by atoms with Crippen LogP contribution in [0.4, 0.5) is 0 Å². The SMILES string of the molecule is CC(C)S(=O)(=O)Cc1ccc(CCc2ccc(S(=O)(=O)N3CCCCC3)cc2)cc1. The van der Waals surface area contributed by atoms with E-state index in [1.807, 2.05) is 36.4 Å². The molecule has 0 spiro atoms. The summed E-state index contributed by atoms with van der Waals surface area (Å²) < 4.78 is 51.2. The van der Waals surface area contributed by atoms with E-state index in [1.165, 1.54) is 0 Å². The average molecular weight is 450 g/mol. The van der Waals surface area contributed by atoms with E-state index in [1.54, 1.807) is 30.3 Å². The number of benzene rings is 2. The third-order valence-electron chi connectivity index (χ3n) is 5.69. The number of sulfone groups is 1. The summed E-state index contributed by atoms with van der Waals surface area (Å²) in [5.41, 5.74) is 3.02. The van der Waals surface area contributed by atoms with Crippen molar-refractivity contribution in [1.29, 1.82) is 0 Å². The Hall–Kier alpha value is -1.70. The van der Waals surface area contributed by atoms with E-state index in [0.29, 0.717) is 18.0 Å². The van der Waals surface area contributed by atoms with Gasteiger partial charge in [0, 0.05) is 13.1 Å². The first-order valence-electron chi connectivity index (χ1n) is 10.6. The maximum absolute atomic E-state index is 12.7. The maximum atomic E-state index is 12.7. The largest absolute Gasteiger partial charge is 0.243 e. The van der Waals surface area contributed by atoms with Crippen LogP contribution in [0.2, 0.25) is 0 Å². The molecule has 1 saturated heterocycles. The molecule has 1 heterocycles. The highest BCUT2D eigenvalue weighted by Crippen LogP contribution is 2.21. The van der Waals surface area contributed by atoms with E-state index in [2.05, 4.69) is 0 Å². The van der Waals surface area contributed by atoms with E-state index in [4.69, 9.17) is 0 Å². The summed E-state index contributed by atoms with van der Waals surface area (Å²) >= 11 is 0. The molecule has 0 radical (unpaired) electrons. The third-order valence-corrected chi connectivity index (χ3v) is 9.77. The lowest BCUT2D eigenvalue weighted by Gasteiger charge is -2.25. The number of nitrogens with zero attached hydrogens (tertiary/aromatic N) is 1. The summed E-state index contributed by atoms with van der Waals surface area (Å²) in [6.07, 6.45) is 4.57. The normalized spacial score (nSPS) is 16.1. The van der Waals surface area contributed by atoms with Gasteiger partial charge in [0.1, 0.15) is 0 Å². The monoisotopic (exact) mass is 449 g/mol. The molecular formula is C23H31NO4S2. The summed E-state index contributed by atoms with van der Waals surface area (Å²) in [6, 6.07) is 14.9. The van der Waals surface area contributed by atoms with Crippen LogP contribution in [0, 0.1) is 0 Å². The van der Waals surface area contributed by atoms with Crippen LogP contribution in [0.3, 0.4) is 0 Å². The molecule has 1 fully saturated rings. The Morgan fingerprint density at radius 1 is 0.733 bits per heavy atom. The fourth-order valence-electron chi connectivity index (χ4n) is 3.57. The number of hydrogen-bond donors (Lipinski definition) is 0. The lowest BCUT2D eigenvalue weighted by atomic mass is 10.0. The van der Waals surface area contributed by atoms with Crippen LogP contribution in [-0.4, -0.2) is 39.5 Å². The number of rotatable bonds is 8. The second-order valence-corrected chi connectivity index (χ2v) is 12.8. The quantitative estimate of drug-likeness (QED) is 0.611. The molecule has 7 heteroatoms. The molecule has 0 unspecified atom stereocenters. The fourth-order valence-corrected chi connectivity index (χ4v) is 6.08. The van der Waals surface area contributed by atoms with Crippen molar-refractivity contribution < 1.29 is 16.8 Å². The van der Waals surface area contributed by atoms with E-state index in [9.17, 15) is 16.8 Å². The van der Waals surface area contributed by atoms with Gasteiger partial charge in [-0.1, -0.05) is 42.8 Å². The van der Waals surface area contributed by atoms with Crippen LogP contribution >= 0.6 is 0 Å². The smallest absolute Gasteiger partial charge is 0.228 e. The van der Waals surface area contributed by atoms with E-state index in [0.717, 1.165) is 48.8 Å². The van der Waals surface area contributed by atoms with Crippen molar-refractivity contribution in [3.63, 3.8) is 0 Å². The predicted molar refractivity (Wildman–Crippen MR) is 121 cm³/mol. The van der Waals surface area contributed by atoms with Gasteiger partial charge >= 0.3 is 0 Å². The highest BCUT2D eigenvalue weighted by atomic mass is 32.2. The van der Waals surface area contributed by atoms with Gasteiger partial charge in [0.25, 0.3) is 0 Å². The summed E-state index contributed by atoms with van der Waals surface area (Å²) in [7, 11) is -6.48. The van der Waals surface area contributed by atoms with Crippen molar-refractivity contribution >= 4 is 19.9 Å². The van der Waals surface area contributed by atoms with Crippen molar-refractivity contribution in [3.8, 4) is 0 Å². The number of sulfonamides is 1. The van der Waals surface area contributed by atoms with Gasteiger partial charge in [0.2, 0.25) is 10.0 Å². The molecule has 5 nitrogen and oxygen atoms in total. The van der Waals surface area contributed by atoms with Crippen LogP contribution in [0.15, 0.2) is 53.4 Å². The van der Waals surface area contributed by atoms with E-state index in [-0.39, 0.29) is 11.0 Å². The van der Waals surface area contributed by atoms with Gasteiger partial charge in [-0.25, -0.2) is 16.8 Å². The Morgan fingerprint density at radius 3 is 1.70 bits per heavy atom. The molecular weight excluding hydrogens is 418 g/mol. The lowest BCUT2D eigenvalue weighted by molar-refractivity contribution is 0.346. The molecule has 1 aliphatic heterocycles. The molecule has 0 saturated carbocycles. The van der Waals surface area contributed by atoms with Crippen molar-refractivity contribution in [2.75, 3.05) is 13.1 Å². The van der Waals surface area contributed by atoms with Gasteiger partial charge in [-0.15, -0.1) is 0 Å². The standard InChI is InChI=1S/C23H31NO4S2/c1-19(2)29(25,26)18-22-10-8-20(9-11-22)6-7-21-12-14-23(15-13-21)30(27,28)24-16-4-3-5-17-24/h8-15,19H,3-7,16-18H2,1-2H3. The van der Waals surface area contributed by atoms with Gasteiger partial charge in [-0.3, -0.25) is 0 Å². The molecule has 30 heavy (non-hydrogen) atoms. The molecule has 0 aliphatic carbocycles. The molecule has 0 bridgehead atoms. The van der Waals surface area contributed by atoms with Crippen molar-refractivity contribution in [2.45, 2.75) is 61.8 Å². The van der Waals surface area contributed by atoms with Gasteiger partial charge < -0.3 is 0 Å². The second-order valence-electron chi connectivity index (χ2n) is 8.28. The Kier molecular flexibility index (Phi) is 7.37. The number of hydrogen-bond acceptors (Lipinski definition) is 4. The highest BCUT2D eigenvalue weighted by molar-refractivity contribution is 7.91. The second kappa shape index (κ2) is 9.62. The fraction of sp³-hybridized carbons (Fsp3) is 0.478. The molecule has 1 aliphatic rings. The summed E-state index contributed by atoms with van der Waals surface area (Å²) in [4.78, 5) is 0.365. The van der Waals surface area contributed by atoms with Gasteiger partial charge in [-0.05, 0) is 68.4 Å². The average Bonchev–Trinajstić information content (AvgIpc) is 2.74. The van der Waals surface area contributed by atoms with Crippen molar-refractivity contribution in [3.05, 3.63) is 65.2 Å². The molecule has 0 N–H and O–H groups in total. The lowest BCUT2D eigenvalue weighted by Crippen LogP contribution is -2.35. The van der Waals surface area contributed by atoms with E-state index >= 15 is 0 Å². The van der Waals surface area contributed by atoms with Crippen molar-refractivity contribution in [2.24, 2.45) is 0 Å². The molecule has 2 aromatic rings. The highest BCUT2D eigenvalue weighted by Gasteiger charge is 2.25. The number of aryl methyl sites for hydroxylation is 2. The zero-order valence-corrected chi connectivity index (χ0v) is 19.4. The predicted octanol–water partition coefficient (Wildman–Crippen LogP) is 3.97. The Bertz CT molecular complexity index is 1040. The first-order chi connectivity index (χ1) is 14.2. The van der Waals surface area contributed by atoms with E-state index < -0.39 is 19.9 Å². The Labute approximate surface area is 181 Å². The molecule has 0 amide bonds. The summed E-state index contributed by atoms with van der Waals surface area (Å²) in [6.45, 7) is 4.62. The van der Waals surface area contributed by atoms with Crippen LogP contribution in [0.1, 0.15) is 49.8 Å². The molecule has 3 rings (SSSR count). The zero-order valence-electron chi connectivity index (χ0n) is 17.7. The molecule has 0 atom stereocenters. The van der Waals surface area contributed by atoms with Crippen LogP contribution in [0.25, 0.3) is 0 Å². The first kappa shape index (κ1) is 23.0. The Balaban J connectivity index is 1.59. The third kappa shape index (κ3) is 5.71. The van der Waals surface area contributed by atoms with Crippen LogP contribution in [-0.2, 0) is 38.5 Å². The summed E-state index contributed by atoms with van der Waals surface area (Å²) in [5.74, 6) is 0.0674. The zero-order chi connectivity index (χ0) is 21.8. The van der Waals surface area contributed by atoms with Gasteiger partial charge in [-0.2, -0.15) is 4.31 Å². The molecule has 164 valence electrons. The molecule has 0 aromatic heterocycles. The topological polar surface area (TPSA) is 71.5 Å². The minimum atomic E-state index is -3.39. The molecule has 2 aromatic carbocycles. The van der Waals surface area contributed by atoms with Gasteiger partial charge in [0.15, 0.2) is 9.84 Å². The van der Waals surface area contributed by atoms with Crippen LogP contribution < -0.4 is 0 Å². The number of piperidine rings is 1. The summed E-state index contributed by atoms with van der Waals surface area (Å²) in [5, 5.41) is -0.376. The van der Waals surface area contributed by atoms with Crippen molar-refractivity contribution in [1.82, 2.24) is 4.31 Å². The van der Waals surface area contributed by atoms with Gasteiger partial charge in [0.05, 0.1) is 15.9 Å². The minimum Gasteiger partial charge on any atom is -0.228 e. The Morgan fingerprint density at radius 2 is 1.20 bits per heavy atom. The first-order valence-corrected chi connectivity index (χ1v) is 13.7. The maximum Gasteiger partial charge on any atom is 0.243 e. The van der Waals surface area contributed by atoms with Crippen LogP contribution in [0.5, 0.6) is 0 Å².